The van der Waals surface area contributed by atoms with E-state index in [0.717, 1.165) is 13.0 Å². The van der Waals surface area contributed by atoms with E-state index in [2.05, 4.69) is 4.57 Å². The number of β-amino-alcohol motifs (C(OH)–C–C–N with tert-alkyl or cyclic N) is 1. The topological polar surface area (TPSA) is 45.5 Å². The van der Waals surface area contributed by atoms with Crippen molar-refractivity contribution in [1.29, 1.82) is 0 Å². The van der Waals surface area contributed by atoms with Crippen LogP contribution in [0.1, 0.15) is 26.2 Å². The monoisotopic (exact) mass is 236 g/mol. The molecule has 1 aliphatic heterocycles. The standard InChI is InChI=1S/C13H20N2O2/c1-13(17)6-10-15(11-13)12(16)5-4-9-14-7-2-3-8-14/h2-3,7-8,17H,4-6,9-11H2,1H3/t13-/m0/s1. The fourth-order valence-corrected chi connectivity index (χ4v) is 2.25. The van der Waals surface area contributed by atoms with Crippen molar-refractivity contribution in [2.24, 2.45) is 0 Å². The highest BCUT2D eigenvalue weighted by Gasteiger charge is 2.33. The second kappa shape index (κ2) is 4.92. The van der Waals surface area contributed by atoms with Crippen LogP contribution in [-0.2, 0) is 11.3 Å². The Morgan fingerprint density at radius 3 is 2.71 bits per heavy atom. The van der Waals surface area contributed by atoms with E-state index >= 15 is 0 Å². The second-order valence-corrected chi connectivity index (χ2v) is 5.09. The molecule has 4 nitrogen and oxygen atoms in total. The Morgan fingerprint density at radius 1 is 1.41 bits per heavy atom. The minimum Gasteiger partial charge on any atom is -0.388 e. The molecule has 94 valence electrons. The quantitative estimate of drug-likeness (QED) is 0.855. The van der Waals surface area contributed by atoms with E-state index in [1.165, 1.54) is 0 Å². The van der Waals surface area contributed by atoms with E-state index in [1.54, 1.807) is 11.8 Å². The molecule has 4 heteroatoms. The van der Waals surface area contributed by atoms with Gasteiger partial charge in [0.2, 0.25) is 5.91 Å². The van der Waals surface area contributed by atoms with Gasteiger partial charge in [0.25, 0.3) is 0 Å². The van der Waals surface area contributed by atoms with Crippen molar-refractivity contribution in [1.82, 2.24) is 9.47 Å². The van der Waals surface area contributed by atoms with Crippen LogP contribution in [0, 0.1) is 0 Å². The van der Waals surface area contributed by atoms with Crippen LogP contribution >= 0.6 is 0 Å². The lowest BCUT2D eigenvalue weighted by atomic mass is 10.1. The van der Waals surface area contributed by atoms with E-state index < -0.39 is 5.60 Å². The number of likely N-dealkylation sites (tertiary alicyclic amines) is 1. The van der Waals surface area contributed by atoms with E-state index in [-0.39, 0.29) is 5.91 Å². The maximum Gasteiger partial charge on any atom is 0.222 e. The Balaban J connectivity index is 1.71. The van der Waals surface area contributed by atoms with Crippen LogP contribution in [0.4, 0.5) is 0 Å². The normalized spacial score (nSPS) is 24.2. The van der Waals surface area contributed by atoms with Gasteiger partial charge < -0.3 is 14.6 Å². The van der Waals surface area contributed by atoms with Crippen molar-refractivity contribution >= 4 is 5.91 Å². The molecule has 1 fully saturated rings. The maximum atomic E-state index is 11.9. The summed E-state index contributed by atoms with van der Waals surface area (Å²) in [6, 6.07) is 3.97. The van der Waals surface area contributed by atoms with Crippen LogP contribution in [0.3, 0.4) is 0 Å². The highest BCUT2D eigenvalue weighted by atomic mass is 16.3. The summed E-state index contributed by atoms with van der Waals surface area (Å²) in [6.07, 6.45) is 6.12. The van der Waals surface area contributed by atoms with Gasteiger partial charge in [-0.05, 0) is 31.9 Å². The molecule has 17 heavy (non-hydrogen) atoms. The van der Waals surface area contributed by atoms with Gasteiger partial charge in [0.1, 0.15) is 0 Å². The van der Waals surface area contributed by atoms with Gasteiger partial charge in [-0.15, -0.1) is 0 Å². The lowest BCUT2D eigenvalue weighted by molar-refractivity contribution is -0.131. The molecule has 0 aliphatic carbocycles. The van der Waals surface area contributed by atoms with Crippen LogP contribution in [0.25, 0.3) is 0 Å². The zero-order valence-electron chi connectivity index (χ0n) is 10.3. The number of aryl methyl sites for hydroxylation is 1. The average Bonchev–Trinajstić information content (AvgIpc) is 2.87. The Hall–Kier alpha value is -1.29. The molecule has 0 aromatic carbocycles. The fraction of sp³-hybridized carbons (Fsp3) is 0.615. The number of carbonyl (C=O) groups excluding carboxylic acids is 1. The van der Waals surface area contributed by atoms with Gasteiger partial charge >= 0.3 is 0 Å². The SMILES string of the molecule is C[C@]1(O)CCN(C(=O)CCCn2cccc2)C1. The highest BCUT2D eigenvalue weighted by Crippen LogP contribution is 2.21. The van der Waals surface area contributed by atoms with Gasteiger partial charge in [0.15, 0.2) is 0 Å². The van der Waals surface area contributed by atoms with Crippen molar-refractivity contribution in [2.75, 3.05) is 13.1 Å². The predicted molar refractivity (Wildman–Crippen MR) is 65.5 cm³/mol. The van der Waals surface area contributed by atoms with Gasteiger partial charge in [-0.25, -0.2) is 0 Å². The summed E-state index contributed by atoms with van der Waals surface area (Å²) in [6.45, 7) is 3.84. The van der Waals surface area contributed by atoms with Crippen molar-refractivity contribution in [2.45, 2.75) is 38.3 Å². The molecule has 1 saturated heterocycles. The minimum atomic E-state index is -0.684. The van der Waals surface area contributed by atoms with Crippen molar-refractivity contribution in [3.05, 3.63) is 24.5 Å². The number of amides is 1. The lowest BCUT2D eigenvalue weighted by Crippen LogP contribution is -2.33. The van der Waals surface area contributed by atoms with E-state index in [9.17, 15) is 9.90 Å². The number of carbonyl (C=O) groups is 1. The number of rotatable bonds is 4. The number of aliphatic hydroxyl groups is 1. The predicted octanol–water partition coefficient (Wildman–Crippen LogP) is 1.25. The Morgan fingerprint density at radius 2 is 2.12 bits per heavy atom. The molecule has 0 bridgehead atoms. The van der Waals surface area contributed by atoms with Crippen LogP contribution in [-0.4, -0.2) is 39.2 Å². The molecule has 1 aromatic heterocycles. The van der Waals surface area contributed by atoms with Crippen molar-refractivity contribution in [3.8, 4) is 0 Å². The van der Waals surface area contributed by atoms with E-state index in [0.29, 0.717) is 25.9 Å². The zero-order valence-corrected chi connectivity index (χ0v) is 10.3. The van der Waals surface area contributed by atoms with Crippen LogP contribution in [0.15, 0.2) is 24.5 Å². The molecule has 0 saturated carbocycles. The zero-order chi connectivity index (χ0) is 12.3. The summed E-state index contributed by atoms with van der Waals surface area (Å²) in [4.78, 5) is 13.6. The molecular weight excluding hydrogens is 216 g/mol. The third kappa shape index (κ3) is 3.33. The molecule has 1 amide bonds. The molecule has 0 unspecified atom stereocenters. The van der Waals surface area contributed by atoms with Crippen LogP contribution in [0.2, 0.25) is 0 Å². The first-order valence-corrected chi connectivity index (χ1v) is 6.18. The molecule has 1 atom stereocenters. The smallest absolute Gasteiger partial charge is 0.222 e. The molecular formula is C13H20N2O2. The third-order valence-corrected chi connectivity index (χ3v) is 3.28. The minimum absolute atomic E-state index is 0.162. The molecule has 1 N–H and O–H groups in total. The van der Waals surface area contributed by atoms with Crippen molar-refractivity contribution in [3.63, 3.8) is 0 Å². The Kier molecular flexibility index (Phi) is 3.52. The summed E-state index contributed by atoms with van der Waals surface area (Å²) < 4.78 is 2.08. The summed E-state index contributed by atoms with van der Waals surface area (Å²) in [5.41, 5.74) is -0.684. The number of hydrogen-bond acceptors (Lipinski definition) is 2. The lowest BCUT2D eigenvalue weighted by Gasteiger charge is -2.19. The molecule has 0 radical (unpaired) electrons. The average molecular weight is 236 g/mol. The first-order chi connectivity index (χ1) is 8.07. The highest BCUT2D eigenvalue weighted by molar-refractivity contribution is 5.76. The first kappa shape index (κ1) is 12.2. The van der Waals surface area contributed by atoms with Crippen LogP contribution < -0.4 is 0 Å². The summed E-state index contributed by atoms with van der Waals surface area (Å²) in [5, 5.41) is 9.79. The molecule has 1 aromatic rings. The molecule has 1 aliphatic rings. The second-order valence-electron chi connectivity index (χ2n) is 5.09. The summed E-state index contributed by atoms with van der Waals surface area (Å²) in [5.74, 6) is 0.162. The van der Waals surface area contributed by atoms with Gasteiger partial charge in [0.05, 0.1) is 5.60 Å². The molecule has 2 rings (SSSR count). The van der Waals surface area contributed by atoms with E-state index in [4.69, 9.17) is 0 Å². The van der Waals surface area contributed by atoms with Gasteiger partial charge in [0, 0.05) is 38.4 Å². The number of nitrogens with zero attached hydrogens (tertiary/aromatic N) is 2. The number of aromatic nitrogens is 1. The molecule has 0 spiro atoms. The van der Waals surface area contributed by atoms with Gasteiger partial charge in [-0.2, -0.15) is 0 Å². The van der Waals surface area contributed by atoms with Crippen LogP contribution in [0.5, 0.6) is 0 Å². The number of hydrogen-bond donors (Lipinski definition) is 1. The first-order valence-electron chi connectivity index (χ1n) is 6.18. The molecule has 2 heterocycles. The third-order valence-electron chi connectivity index (χ3n) is 3.28. The fourth-order valence-electron chi connectivity index (χ4n) is 2.25. The van der Waals surface area contributed by atoms with Crippen molar-refractivity contribution < 1.29 is 9.90 Å². The van der Waals surface area contributed by atoms with Gasteiger partial charge in [-0.1, -0.05) is 0 Å². The Labute approximate surface area is 102 Å². The van der Waals surface area contributed by atoms with E-state index in [1.807, 2.05) is 24.5 Å². The summed E-state index contributed by atoms with van der Waals surface area (Å²) in [7, 11) is 0. The maximum absolute atomic E-state index is 11.9. The largest absolute Gasteiger partial charge is 0.388 e. The Bertz CT molecular complexity index is 371. The van der Waals surface area contributed by atoms with Gasteiger partial charge in [-0.3, -0.25) is 4.79 Å². The summed E-state index contributed by atoms with van der Waals surface area (Å²) >= 11 is 0.